The second kappa shape index (κ2) is 9.80. The Kier molecular flexibility index (Phi) is 7.46. The molecule has 0 unspecified atom stereocenters. The number of carbonyl (C=O) groups is 2. The molecule has 0 spiro atoms. The minimum Gasteiger partial charge on any atom is -0.455 e. The number of esters is 1. The molecular formula is C19H15F3N2O3S. The number of para-hydroxylation sites is 1. The zero-order valence-electron chi connectivity index (χ0n) is 14.5. The van der Waals surface area contributed by atoms with Crippen LogP contribution in [-0.4, -0.2) is 24.2 Å². The minimum absolute atomic E-state index is 0.137. The van der Waals surface area contributed by atoms with Gasteiger partial charge in [-0.1, -0.05) is 30.3 Å². The monoisotopic (exact) mass is 408 g/mol. The van der Waals surface area contributed by atoms with Crippen LogP contribution in [0.4, 0.5) is 18.9 Å². The van der Waals surface area contributed by atoms with E-state index in [0.29, 0.717) is 10.6 Å². The molecule has 0 saturated carbocycles. The van der Waals surface area contributed by atoms with Crippen LogP contribution in [0.25, 0.3) is 0 Å². The van der Waals surface area contributed by atoms with Crippen LogP contribution in [0.1, 0.15) is 11.1 Å². The van der Waals surface area contributed by atoms with Gasteiger partial charge < -0.3 is 10.1 Å². The van der Waals surface area contributed by atoms with Gasteiger partial charge in [-0.2, -0.15) is 18.4 Å². The Labute approximate surface area is 163 Å². The van der Waals surface area contributed by atoms with Gasteiger partial charge in [0.25, 0.3) is 5.91 Å². The normalized spacial score (nSPS) is 10.8. The summed E-state index contributed by atoms with van der Waals surface area (Å²) >= 11 is 1.24. The van der Waals surface area contributed by atoms with Crippen LogP contribution in [0.3, 0.4) is 0 Å². The summed E-state index contributed by atoms with van der Waals surface area (Å²) in [5, 5.41) is 11.2. The number of halogens is 3. The van der Waals surface area contributed by atoms with Crippen LogP contribution in [0.2, 0.25) is 0 Å². The molecular weight excluding hydrogens is 393 g/mol. The first-order valence-corrected chi connectivity index (χ1v) is 8.98. The van der Waals surface area contributed by atoms with E-state index in [-0.39, 0.29) is 17.7 Å². The standard InChI is InChI=1S/C19H15F3N2O3S/c20-19(21,22)14-5-3-4-13(10-14)11-18(26)27-12-17(25)24-15-6-1-2-7-16(15)28-9-8-23/h1-7,10H,9,11-12H2,(H,24,25). The average Bonchev–Trinajstić information content (AvgIpc) is 2.65. The molecule has 5 nitrogen and oxygen atoms in total. The van der Waals surface area contributed by atoms with E-state index in [2.05, 4.69) is 5.32 Å². The van der Waals surface area contributed by atoms with Crippen LogP contribution in [0.5, 0.6) is 0 Å². The molecule has 0 saturated heterocycles. The average molecular weight is 408 g/mol. The molecule has 0 fully saturated rings. The highest BCUT2D eigenvalue weighted by Gasteiger charge is 2.30. The van der Waals surface area contributed by atoms with Gasteiger partial charge in [0.05, 0.1) is 29.5 Å². The molecule has 0 aliphatic heterocycles. The first kappa shape index (κ1) is 21.3. The van der Waals surface area contributed by atoms with E-state index in [0.717, 1.165) is 12.1 Å². The van der Waals surface area contributed by atoms with Crippen LogP contribution < -0.4 is 5.32 Å². The molecule has 1 amide bonds. The van der Waals surface area contributed by atoms with E-state index < -0.39 is 30.2 Å². The highest BCUT2D eigenvalue weighted by Crippen LogP contribution is 2.29. The van der Waals surface area contributed by atoms with Gasteiger partial charge in [-0.25, -0.2) is 0 Å². The number of amides is 1. The van der Waals surface area contributed by atoms with Crippen LogP contribution >= 0.6 is 11.8 Å². The zero-order valence-corrected chi connectivity index (χ0v) is 15.3. The highest BCUT2D eigenvalue weighted by atomic mass is 32.2. The van der Waals surface area contributed by atoms with Gasteiger partial charge >= 0.3 is 12.1 Å². The number of alkyl halides is 3. The Hall–Kier alpha value is -2.99. The number of nitrogens with one attached hydrogen (secondary N) is 1. The van der Waals surface area contributed by atoms with Crippen molar-refractivity contribution < 1.29 is 27.5 Å². The molecule has 0 aliphatic rings. The maximum atomic E-state index is 12.7. The maximum Gasteiger partial charge on any atom is 0.416 e. The van der Waals surface area contributed by atoms with Crippen molar-refractivity contribution in [3.63, 3.8) is 0 Å². The van der Waals surface area contributed by atoms with Crippen molar-refractivity contribution in [2.75, 3.05) is 17.7 Å². The number of hydrogen-bond donors (Lipinski definition) is 1. The predicted molar refractivity (Wildman–Crippen MR) is 97.5 cm³/mol. The van der Waals surface area contributed by atoms with E-state index in [1.165, 1.54) is 23.9 Å². The van der Waals surface area contributed by atoms with E-state index >= 15 is 0 Å². The van der Waals surface area contributed by atoms with Crippen molar-refractivity contribution in [3.05, 3.63) is 59.7 Å². The second-order valence-corrected chi connectivity index (χ2v) is 6.54. The molecule has 0 atom stereocenters. The third-order valence-corrected chi connectivity index (χ3v) is 4.36. The molecule has 0 heterocycles. The topological polar surface area (TPSA) is 79.2 Å². The first-order chi connectivity index (χ1) is 13.3. The van der Waals surface area contributed by atoms with Crippen LogP contribution in [0, 0.1) is 11.3 Å². The van der Waals surface area contributed by atoms with E-state index in [1.54, 1.807) is 24.3 Å². The molecule has 9 heteroatoms. The van der Waals surface area contributed by atoms with Gasteiger partial charge in [-0.3, -0.25) is 9.59 Å². The molecule has 28 heavy (non-hydrogen) atoms. The molecule has 0 radical (unpaired) electrons. The number of nitriles is 1. The van der Waals surface area contributed by atoms with Gasteiger partial charge in [-0.15, -0.1) is 11.8 Å². The number of benzene rings is 2. The SMILES string of the molecule is N#CCSc1ccccc1NC(=O)COC(=O)Cc1cccc(C(F)(F)F)c1. The van der Waals surface area contributed by atoms with Crippen molar-refractivity contribution in [2.24, 2.45) is 0 Å². The van der Waals surface area contributed by atoms with Crippen molar-refractivity contribution in [1.82, 2.24) is 0 Å². The molecule has 2 aromatic carbocycles. The van der Waals surface area contributed by atoms with Crippen molar-refractivity contribution in [1.29, 1.82) is 5.26 Å². The summed E-state index contributed by atoms with van der Waals surface area (Å²) in [6, 6.07) is 13.2. The van der Waals surface area contributed by atoms with Crippen molar-refractivity contribution in [2.45, 2.75) is 17.5 Å². The lowest BCUT2D eigenvalue weighted by atomic mass is 10.1. The summed E-state index contributed by atoms with van der Waals surface area (Å²) in [4.78, 5) is 24.5. The molecule has 2 aromatic rings. The molecule has 0 aliphatic carbocycles. The number of rotatable bonds is 7. The summed E-state index contributed by atoms with van der Waals surface area (Å²) in [5.41, 5.74) is -0.248. The number of thioether (sulfide) groups is 1. The minimum atomic E-state index is -4.50. The maximum absolute atomic E-state index is 12.7. The van der Waals surface area contributed by atoms with E-state index in [9.17, 15) is 22.8 Å². The Morgan fingerprint density at radius 3 is 2.61 bits per heavy atom. The lowest BCUT2D eigenvalue weighted by Gasteiger charge is -2.11. The van der Waals surface area contributed by atoms with Gasteiger partial charge in [0, 0.05) is 4.90 Å². The molecule has 2 rings (SSSR count). The van der Waals surface area contributed by atoms with Crippen molar-refractivity contribution >= 4 is 29.3 Å². The van der Waals surface area contributed by atoms with E-state index in [4.69, 9.17) is 10.00 Å². The zero-order chi connectivity index (χ0) is 20.6. The van der Waals surface area contributed by atoms with Gasteiger partial charge in [0.1, 0.15) is 0 Å². The first-order valence-electron chi connectivity index (χ1n) is 8.00. The predicted octanol–water partition coefficient (Wildman–Crippen LogP) is 4.05. The second-order valence-electron chi connectivity index (χ2n) is 5.53. The molecule has 0 bridgehead atoms. The Balaban J connectivity index is 1.88. The quantitative estimate of drug-likeness (QED) is 0.552. The van der Waals surface area contributed by atoms with E-state index in [1.807, 2.05) is 6.07 Å². The Morgan fingerprint density at radius 1 is 1.14 bits per heavy atom. The fourth-order valence-electron chi connectivity index (χ4n) is 2.21. The molecule has 0 aromatic heterocycles. The van der Waals surface area contributed by atoms with Gasteiger partial charge in [0.15, 0.2) is 6.61 Å². The lowest BCUT2D eigenvalue weighted by Crippen LogP contribution is -2.22. The number of nitrogens with zero attached hydrogens (tertiary/aromatic N) is 1. The third kappa shape index (κ3) is 6.63. The number of carbonyl (C=O) groups excluding carboxylic acids is 2. The summed E-state index contributed by atoms with van der Waals surface area (Å²) in [5.74, 6) is -1.21. The van der Waals surface area contributed by atoms with Crippen LogP contribution in [0.15, 0.2) is 53.4 Å². The summed E-state index contributed by atoms with van der Waals surface area (Å²) in [7, 11) is 0. The Morgan fingerprint density at radius 2 is 1.89 bits per heavy atom. The summed E-state index contributed by atoms with van der Waals surface area (Å²) in [6.07, 6.45) is -4.89. The lowest BCUT2D eigenvalue weighted by molar-refractivity contribution is -0.146. The number of hydrogen-bond acceptors (Lipinski definition) is 5. The van der Waals surface area contributed by atoms with Crippen LogP contribution in [-0.2, 0) is 26.9 Å². The fraction of sp³-hybridized carbons (Fsp3) is 0.211. The van der Waals surface area contributed by atoms with Gasteiger partial charge in [-0.05, 0) is 23.8 Å². The smallest absolute Gasteiger partial charge is 0.416 e. The van der Waals surface area contributed by atoms with Gasteiger partial charge in [0.2, 0.25) is 0 Å². The molecule has 146 valence electrons. The third-order valence-electron chi connectivity index (χ3n) is 3.42. The Bertz CT molecular complexity index is 894. The van der Waals surface area contributed by atoms with Crippen molar-refractivity contribution in [3.8, 4) is 6.07 Å². The highest BCUT2D eigenvalue weighted by molar-refractivity contribution is 7.99. The molecule has 1 N–H and O–H groups in total. The largest absolute Gasteiger partial charge is 0.455 e. The summed E-state index contributed by atoms with van der Waals surface area (Å²) in [6.45, 7) is -0.574. The number of anilines is 1. The number of ether oxygens (including phenoxy) is 1. The summed E-state index contributed by atoms with van der Waals surface area (Å²) < 4.78 is 42.9. The fourth-order valence-corrected chi connectivity index (χ4v) is 2.88.